The lowest BCUT2D eigenvalue weighted by molar-refractivity contribution is 0.209. The highest BCUT2D eigenvalue weighted by Gasteiger charge is 2.18. The van der Waals surface area contributed by atoms with Crippen molar-refractivity contribution in [3.05, 3.63) is 29.6 Å². The fourth-order valence-electron chi connectivity index (χ4n) is 1.88. The molecule has 0 N–H and O–H groups in total. The fraction of sp³-hybridized carbons (Fsp3) is 0.417. The van der Waals surface area contributed by atoms with Gasteiger partial charge in [-0.05, 0) is 43.9 Å². The Labute approximate surface area is 88.3 Å². The summed E-state index contributed by atoms with van der Waals surface area (Å²) in [5.41, 5.74) is 0.280. The summed E-state index contributed by atoms with van der Waals surface area (Å²) in [5.74, 6) is 0.108. The normalized spacial score (nSPS) is 16.3. The van der Waals surface area contributed by atoms with Crippen molar-refractivity contribution >= 4 is 0 Å². The van der Waals surface area contributed by atoms with Crippen molar-refractivity contribution in [1.29, 1.82) is 5.26 Å². The first kappa shape index (κ1) is 9.97. The van der Waals surface area contributed by atoms with E-state index in [1.807, 2.05) is 6.07 Å². The summed E-state index contributed by atoms with van der Waals surface area (Å²) in [6.07, 6.45) is 4.61. The van der Waals surface area contributed by atoms with E-state index in [0.29, 0.717) is 5.75 Å². The maximum atomic E-state index is 12.8. The van der Waals surface area contributed by atoms with Crippen LogP contribution in [-0.2, 0) is 0 Å². The van der Waals surface area contributed by atoms with Gasteiger partial charge in [0.15, 0.2) is 0 Å². The Hall–Kier alpha value is -1.56. The first-order valence-electron chi connectivity index (χ1n) is 5.16. The molecule has 15 heavy (non-hydrogen) atoms. The summed E-state index contributed by atoms with van der Waals surface area (Å²) in [6, 6.07) is 6.02. The summed E-state index contributed by atoms with van der Waals surface area (Å²) in [5, 5.41) is 8.82. The Morgan fingerprint density at radius 3 is 2.73 bits per heavy atom. The molecule has 0 heterocycles. The molecule has 0 saturated heterocycles. The summed E-state index contributed by atoms with van der Waals surface area (Å²) in [7, 11) is 0. The smallest absolute Gasteiger partial charge is 0.137 e. The van der Waals surface area contributed by atoms with Crippen LogP contribution < -0.4 is 4.74 Å². The molecule has 3 heteroatoms. The van der Waals surface area contributed by atoms with Crippen LogP contribution in [0.2, 0.25) is 0 Å². The first-order chi connectivity index (χ1) is 7.29. The quantitative estimate of drug-likeness (QED) is 0.743. The molecule has 1 aliphatic carbocycles. The molecule has 1 aromatic carbocycles. The molecule has 78 valence electrons. The molecule has 0 aromatic heterocycles. The molecule has 1 saturated carbocycles. The third-order valence-corrected chi connectivity index (χ3v) is 2.66. The molecule has 2 nitrogen and oxygen atoms in total. The molecular weight excluding hydrogens is 193 g/mol. The van der Waals surface area contributed by atoms with Gasteiger partial charge in [0.05, 0.1) is 11.7 Å². The Kier molecular flexibility index (Phi) is 2.86. The number of ether oxygens (including phenoxy) is 1. The topological polar surface area (TPSA) is 33.0 Å². The Morgan fingerprint density at radius 2 is 2.07 bits per heavy atom. The summed E-state index contributed by atoms with van der Waals surface area (Å²) in [6.45, 7) is 0. The van der Waals surface area contributed by atoms with E-state index in [0.717, 1.165) is 12.8 Å². The Morgan fingerprint density at radius 1 is 1.33 bits per heavy atom. The van der Waals surface area contributed by atoms with Crippen LogP contribution in [0.1, 0.15) is 31.2 Å². The molecule has 0 aliphatic heterocycles. The van der Waals surface area contributed by atoms with Crippen molar-refractivity contribution in [2.45, 2.75) is 31.8 Å². The lowest BCUT2D eigenvalue weighted by Crippen LogP contribution is -2.11. The van der Waals surface area contributed by atoms with Crippen LogP contribution in [0.3, 0.4) is 0 Å². The van der Waals surface area contributed by atoms with Gasteiger partial charge in [-0.3, -0.25) is 0 Å². The molecule has 1 aromatic rings. The lowest BCUT2D eigenvalue weighted by Gasteiger charge is -2.13. The maximum Gasteiger partial charge on any atom is 0.137 e. The van der Waals surface area contributed by atoms with Gasteiger partial charge in [0.2, 0.25) is 0 Å². The van der Waals surface area contributed by atoms with Gasteiger partial charge in [-0.25, -0.2) is 4.39 Å². The van der Waals surface area contributed by atoms with Gasteiger partial charge in [-0.1, -0.05) is 0 Å². The molecule has 0 radical (unpaired) electrons. The second-order valence-corrected chi connectivity index (χ2v) is 3.78. The van der Waals surface area contributed by atoms with Crippen molar-refractivity contribution in [3.8, 4) is 11.8 Å². The maximum absolute atomic E-state index is 12.8. The molecule has 2 rings (SSSR count). The summed E-state index contributed by atoms with van der Waals surface area (Å²) in [4.78, 5) is 0. The van der Waals surface area contributed by atoms with Crippen molar-refractivity contribution < 1.29 is 9.13 Å². The summed E-state index contributed by atoms with van der Waals surface area (Å²) < 4.78 is 18.5. The predicted octanol–water partition coefficient (Wildman–Crippen LogP) is 3.02. The van der Waals surface area contributed by atoms with Crippen LogP contribution in [0, 0.1) is 17.1 Å². The average molecular weight is 205 g/mol. The van der Waals surface area contributed by atoms with E-state index >= 15 is 0 Å². The molecule has 0 unspecified atom stereocenters. The molecular formula is C12H12FNO. The van der Waals surface area contributed by atoms with Gasteiger partial charge in [0, 0.05) is 0 Å². The number of benzene rings is 1. The minimum absolute atomic E-state index is 0.197. The van der Waals surface area contributed by atoms with Gasteiger partial charge >= 0.3 is 0 Å². The minimum atomic E-state index is -0.398. The number of nitriles is 1. The van der Waals surface area contributed by atoms with Crippen molar-refractivity contribution in [2.75, 3.05) is 0 Å². The van der Waals surface area contributed by atoms with Crippen LogP contribution in [0.25, 0.3) is 0 Å². The summed E-state index contributed by atoms with van der Waals surface area (Å²) >= 11 is 0. The van der Waals surface area contributed by atoms with Gasteiger partial charge in [0.25, 0.3) is 0 Å². The minimum Gasteiger partial charge on any atom is -0.489 e. The van der Waals surface area contributed by atoms with Gasteiger partial charge in [-0.2, -0.15) is 5.26 Å². The Bertz CT molecular complexity index is 391. The van der Waals surface area contributed by atoms with Crippen LogP contribution >= 0.6 is 0 Å². The lowest BCUT2D eigenvalue weighted by atomic mass is 10.2. The van der Waals surface area contributed by atoms with E-state index < -0.39 is 5.82 Å². The van der Waals surface area contributed by atoms with Crippen LogP contribution in [0.4, 0.5) is 4.39 Å². The second-order valence-electron chi connectivity index (χ2n) is 3.78. The van der Waals surface area contributed by atoms with E-state index in [-0.39, 0.29) is 11.7 Å². The first-order valence-corrected chi connectivity index (χ1v) is 5.16. The zero-order chi connectivity index (χ0) is 10.7. The number of nitrogens with zero attached hydrogens (tertiary/aromatic N) is 1. The molecule has 0 bridgehead atoms. The highest BCUT2D eigenvalue weighted by atomic mass is 19.1. The zero-order valence-corrected chi connectivity index (χ0v) is 8.37. The zero-order valence-electron chi connectivity index (χ0n) is 8.37. The van der Waals surface area contributed by atoms with Gasteiger partial charge in [0.1, 0.15) is 17.6 Å². The number of hydrogen-bond donors (Lipinski definition) is 0. The van der Waals surface area contributed by atoms with E-state index in [1.165, 1.54) is 31.0 Å². The van der Waals surface area contributed by atoms with Gasteiger partial charge in [-0.15, -0.1) is 0 Å². The molecule has 0 spiro atoms. The SMILES string of the molecule is N#Cc1cc(F)ccc1OC1CCCC1. The monoisotopic (exact) mass is 205 g/mol. The van der Waals surface area contributed by atoms with Crippen LogP contribution in [0.15, 0.2) is 18.2 Å². The molecule has 1 aliphatic rings. The van der Waals surface area contributed by atoms with Crippen molar-refractivity contribution in [3.63, 3.8) is 0 Å². The highest BCUT2D eigenvalue weighted by Crippen LogP contribution is 2.26. The number of halogens is 1. The third-order valence-electron chi connectivity index (χ3n) is 2.66. The molecule has 0 amide bonds. The number of rotatable bonds is 2. The van der Waals surface area contributed by atoms with E-state index in [9.17, 15) is 4.39 Å². The van der Waals surface area contributed by atoms with Crippen molar-refractivity contribution in [2.24, 2.45) is 0 Å². The molecule has 0 atom stereocenters. The molecule has 1 fully saturated rings. The van der Waals surface area contributed by atoms with Crippen LogP contribution in [-0.4, -0.2) is 6.10 Å². The van der Waals surface area contributed by atoms with E-state index in [1.54, 1.807) is 0 Å². The largest absolute Gasteiger partial charge is 0.489 e. The van der Waals surface area contributed by atoms with Crippen LogP contribution in [0.5, 0.6) is 5.75 Å². The third kappa shape index (κ3) is 2.27. The van der Waals surface area contributed by atoms with E-state index in [2.05, 4.69) is 0 Å². The van der Waals surface area contributed by atoms with E-state index in [4.69, 9.17) is 10.00 Å². The standard InChI is InChI=1S/C12H12FNO/c13-10-5-6-12(9(7-10)8-14)15-11-3-1-2-4-11/h5-7,11H,1-4H2. The number of hydrogen-bond acceptors (Lipinski definition) is 2. The highest BCUT2D eigenvalue weighted by molar-refractivity contribution is 5.43. The van der Waals surface area contributed by atoms with Crippen molar-refractivity contribution in [1.82, 2.24) is 0 Å². The second kappa shape index (κ2) is 4.31. The predicted molar refractivity (Wildman–Crippen MR) is 54.0 cm³/mol. The van der Waals surface area contributed by atoms with Gasteiger partial charge < -0.3 is 4.74 Å². The average Bonchev–Trinajstić information content (AvgIpc) is 2.73. The fourth-order valence-corrected chi connectivity index (χ4v) is 1.88. The Balaban J connectivity index is 2.16.